The van der Waals surface area contributed by atoms with E-state index in [9.17, 15) is 9.59 Å². The van der Waals surface area contributed by atoms with Crippen molar-refractivity contribution in [3.05, 3.63) is 90.0 Å². The number of para-hydroxylation sites is 1. The van der Waals surface area contributed by atoms with Crippen LogP contribution in [0.25, 0.3) is 0 Å². The molecule has 0 heterocycles. The van der Waals surface area contributed by atoms with Crippen LogP contribution in [0.15, 0.2) is 78.9 Å². The van der Waals surface area contributed by atoms with Crippen LogP contribution in [-0.4, -0.2) is 25.4 Å². The van der Waals surface area contributed by atoms with Crippen LogP contribution in [0.2, 0.25) is 0 Å². The first-order valence-corrected chi connectivity index (χ1v) is 9.54. The molecule has 0 saturated carbocycles. The second-order valence-corrected chi connectivity index (χ2v) is 6.65. The van der Waals surface area contributed by atoms with Crippen LogP contribution in [0.3, 0.4) is 0 Å². The third kappa shape index (κ3) is 5.61. The van der Waals surface area contributed by atoms with Crippen LogP contribution >= 0.6 is 0 Å². The van der Waals surface area contributed by atoms with Gasteiger partial charge in [-0.05, 0) is 42.8 Å². The molecule has 1 amide bonds. The Morgan fingerprint density at radius 1 is 0.900 bits per heavy atom. The van der Waals surface area contributed by atoms with Gasteiger partial charge in [-0.1, -0.05) is 48.5 Å². The van der Waals surface area contributed by atoms with E-state index in [1.807, 2.05) is 60.7 Å². The fourth-order valence-electron chi connectivity index (χ4n) is 2.90. The number of benzene rings is 3. The third-order valence-electron chi connectivity index (χ3n) is 4.44. The SMILES string of the molecule is COc1cc(C(C)=O)ccc1OCC(=O)NN(Cc1ccccc1)c1ccccc1. The topological polar surface area (TPSA) is 67.9 Å². The van der Waals surface area contributed by atoms with Gasteiger partial charge in [0, 0.05) is 5.56 Å². The zero-order valence-electron chi connectivity index (χ0n) is 17.0. The molecule has 6 heteroatoms. The molecule has 0 aliphatic carbocycles. The van der Waals surface area contributed by atoms with Gasteiger partial charge in [-0.15, -0.1) is 0 Å². The molecular formula is C24H24N2O4. The van der Waals surface area contributed by atoms with E-state index in [2.05, 4.69) is 5.43 Å². The number of nitrogens with zero attached hydrogens (tertiary/aromatic N) is 1. The molecule has 0 saturated heterocycles. The summed E-state index contributed by atoms with van der Waals surface area (Å²) in [6.45, 7) is 1.79. The fraction of sp³-hybridized carbons (Fsp3) is 0.167. The molecule has 0 fully saturated rings. The predicted octanol–water partition coefficient (Wildman–Crippen LogP) is 4.01. The highest BCUT2D eigenvalue weighted by atomic mass is 16.5. The lowest BCUT2D eigenvalue weighted by Crippen LogP contribution is -2.44. The van der Waals surface area contributed by atoms with Gasteiger partial charge >= 0.3 is 0 Å². The van der Waals surface area contributed by atoms with Gasteiger partial charge in [-0.25, -0.2) is 0 Å². The van der Waals surface area contributed by atoms with Gasteiger partial charge in [0.25, 0.3) is 5.91 Å². The van der Waals surface area contributed by atoms with E-state index in [4.69, 9.17) is 9.47 Å². The number of ketones is 1. The number of hydrogen-bond acceptors (Lipinski definition) is 5. The minimum atomic E-state index is -0.313. The minimum Gasteiger partial charge on any atom is -0.493 e. The Kier molecular flexibility index (Phi) is 7.05. The molecule has 3 aromatic carbocycles. The average Bonchev–Trinajstić information content (AvgIpc) is 2.78. The van der Waals surface area contributed by atoms with Crippen LogP contribution in [0.1, 0.15) is 22.8 Å². The van der Waals surface area contributed by atoms with Crippen LogP contribution < -0.4 is 19.9 Å². The molecule has 0 radical (unpaired) electrons. The van der Waals surface area contributed by atoms with E-state index in [1.54, 1.807) is 23.2 Å². The third-order valence-corrected chi connectivity index (χ3v) is 4.44. The lowest BCUT2D eigenvalue weighted by Gasteiger charge is -2.25. The number of carbonyl (C=O) groups excluding carboxylic acids is 2. The summed E-state index contributed by atoms with van der Waals surface area (Å²) >= 11 is 0. The second kappa shape index (κ2) is 10.1. The first-order chi connectivity index (χ1) is 14.6. The van der Waals surface area contributed by atoms with Crippen LogP contribution in [0, 0.1) is 0 Å². The van der Waals surface area contributed by atoms with Gasteiger partial charge in [0.05, 0.1) is 19.3 Å². The van der Waals surface area contributed by atoms with E-state index in [-0.39, 0.29) is 18.3 Å². The number of Topliss-reactive ketones (excluding diaryl/α,β-unsaturated/α-hetero) is 1. The fourth-order valence-corrected chi connectivity index (χ4v) is 2.90. The maximum atomic E-state index is 12.6. The van der Waals surface area contributed by atoms with Crippen molar-refractivity contribution in [1.29, 1.82) is 0 Å². The lowest BCUT2D eigenvalue weighted by atomic mass is 10.1. The number of hydrazine groups is 1. The Morgan fingerprint density at radius 3 is 2.20 bits per heavy atom. The number of amides is 1. The molecule has 6 nitrogen and oxygen atoms in total. The Labute approximate surface area is 176 Å². The van der Waals surface area contributed by atoms with E-state index < -0.39 is 0 Å². The Balaban J connectivity index is 1.68. The van der Waals surface area contributed by atoms with Crippen molar-refractivity contribution < 1.29 is 19.1 Å². The molecule has 0 aromatic heterocycles. The molecule has 0 bridgehead atoms. The highest BCUT2D eigenvalue weighted by Gasteiger charge is 2.14. The van der Waals surface area contributed by atoms with Crippen LogP contribution in [0.4, 0.5) is 5.69 Å². The molecule has 0 spiro atoms. The summed E-state index contributed by atoms with van der Waals surface area (Å²) in [5, 5.41) is 1.77. The first-order valence-electron chi connectivity index (χ1n) is 9.54. The van der Waals surface area contributed by atoms with Crippen molar-refractivity contribution in [2.75, 3.05) is 18.7 Å². The smallest absolute Gasteiger partial charge is 0.276 e. The number of rotatable bonds is 9. The van der Waals surface area contributed by atoms with Crippen molar-refractivity contribution in [2.24, 2.45) is 0 Å². The van der Waals surface area contributed by atoms with E-state index in [0.29, 0.717) is 23.6 Å². The van der Waals surface area contributed by atoms with E-state index >= 15 is 0 Å². The summed E-state index contributed by atoms with van der Waals surface area (Å²) in [6.07, 6.45) is 0. The molecule has 1 N–H and O–H groups in total. The van der Waals surface area contributed by atoms with E-state index in [0.717, 1.165) is 11.3 Å². The highest BCUT2D eigenvalue weighted by molar-refractivity contribution is 5.94. The number of methoxy groups -OCH3 is 1. The number of nitrogens with one attached hydrogen (secondary N) is 1. The largest absolute Gasteiger partial charge is 0.493 e. The van der Waals surface area contributed by atoms with Gasteiger partial charge in [-0.2, -0.15) is 0 Å². The molecule has 3 rings (SSSR count). The van der Waals surface area contributed by atoms with Crippen molar-refractivity contribution in [3.63, 3.8) is 0 Å². The Hall–Kier alpha value is -3.80. The zero-order chi connectivity index (χ0) is 21.3. The van der Waals surface area contributed by atoms with Gasteiger partial charge < -0.3 is 9.47 Å². The van der Waals surface area contributed by atoms with Gasteiger partial charge in [0.15, 0.2) is 23.9 Å². The van der Waals surface area contributed by atoms with Crippen molar-refractivity contribution >= 4 is 17.4 Å². The molecule has 0 aliphatic rings. The van der Waals surface area contributed by atoms with E-state index in [1.165, 1.54) is 14.0 Å². The normalized spacial score (nSPS) is 10.2. The molecule has 0 unspecified atom stereocenters. The van der Waals surface area contributed by atoms with Gasteiger partial charge in [0.2, 0.25) is 0 Å². The monoisotopic (exact) mass is 404 g/mol. The summed E-state index contributed by atoms with van der Waals surface area (Å²) < 4.78 is 10.9. The zero-order valence-corrected chi connectivity index (χ0v) is 17.0. The molecule has 30 heavy (non-hydrogen) atoms. The molecule has 0 atom stereocenters. The lowest BCUT2D eigenvalue weighted by molar-refractivity contribution is -0.123. The summed E-state index contributed by atoms with van der Waals surface area (Å²) in [5.74, 6) is 0.413. The summed E-state index contributed by atoms with van der Waals surface area (Å²) in [7, 11) is 1.49. The van der Waals surface area contributed by atoms with Crippen LogP contribution in [-0.2, 0) is 11.3 Å². The number of hydrogen-bond donors (Lipinski definition) is 1. The highest BCUT2D eigenvalue weighted by Crippen LogP contribution is 2.28. The molecule has 3 aromatic rings. The second-order valence-electron chi connectivity index (χ2n) is 6.65. The number of carbonyl (C=O) groups is 2. The number of anilines is 1. The first kappa shape index (κ1) is 20.9. The summed E-state index contributed by atoms with van der Waals surface area (Å²) in [5.41, 5.74) is 5.33. The maximum absolute atomic E-state index is 12.6. The average molecular weight is 404 g/mol. The quantitative estimate of drug-likeness (QED) is 0.431. The minimum absolute atomic E-state index is 0.0722. The standard InChI is InChI=1S/C24H24N2O4/c1-18(27)20-13-14-22(23(15-20)29-2)30-17-24(28)25-26(21-11-7-4-8-12-21)16-19-9-5-3-6-10-19/h3-15H,16-17H2,1-2H3,(H,25,28). The van der Waals surface area contributed by atoms with Gasteiger partial charge in [-0.3, -0.25) is 20.0 Å². The predicted molar refractivity (Wildman–Crippen MR) is 116 cm³/mol. The maximum Gasteiger partial charge on any atom is 0.276 e. The molecule has 154 valence electrons. The summed E-state index contributed by atoms with van der Waals surface area (Å²) in [4.78, 5) is 24.1. The number of ether oxygens (including phenoxy) is 2. The Morgan fingerprint density at radius 2 is 1.57 bits per heavy atom. The van der Waals surface area contributed by atoms with Crippen molar-refractivity contribution in [3.8, 4) is 11.5 Å². The summed E-state index contributed by atoms with van der Waals surface area (Å²) in [6, 6.07) is 24.3. The Bertz CT molecular complexity index is 991. The molecular weight excluding hydrogens is 380 g/mol. The van der Waals surface area contributed by atoms with Crippen molar-refractivity contribution in [1.82, 2.24) is 5.43 Å². The van der Waals surface area contributed by atoms with Crippen molar-refractivity contribution in [2.45, 2.75) is 13.5 Å². The van der Waals surface area contributed by atoms with Crippen LogP contribution in [0.5, 0.6) is 11.5 Å². The molecule has 0 aliphatic heterocycles. The van der Waals surface area contributed by atoms with Gasteiger partial charge in [0.1, 0.15) is 0 Å².